The Labute approximate surface area is 213 Å². The zero-order chi connectivity index (χ0) is 26.2. The Morgan fingerprint density at radius 1 is 0.946 bits per heavy atom. The fourth-order valence-electron chi connectivity index (χ4n) is 4.59. The summed E-state index contributed by atoms with van der Waals surface area (Å²) in [6.45, 7) is 0.138. The van der Waals surface area contributed by atoms with E-state index in [1.807, 2.05) is 6.07 Å². The number of aromatic nitrogens is 2. The number of amides is 1. The normalized spacial score (nSPS) is 13.8. The van der Waals surface area contributed by atoms with Crippen LogP contribution in [0.1, 0.15) is 27.3 Å². The van der Waals surface area contributed by atoms with Gasteiger partial charge in [-0.2, -0.15) is 9.40 Å². The van der Waals surface area contributed by atoms with Crippen LogP contribution in [0.5, 0.6) is 0 Å². The predicted molar refractivity (Wildman–Crippen MR) is 134 cm³/mol. The zero-order valence-corrected chi connectivity index (χ0v) is 20.8. The lowest BCUT2D eigenvalue weighted by atomic mass is 10.1. The summed E-state index contributed by atoms with van der Waals surface area (Å²) in [5, 5.41) is 4.60. The van der Waals surface area contributed by atoms with E-state index in [-0.39, 0.29) is 30.1 Å². The number of halogens is 2. The van der Waals surface area contributed by atoms with Gasteiger partial charge in [0, 0.05) is 43.5 Å². The Kier molecular flexibility index (Phi) is 6.61. The number of para-hydroxylation sites is 1. The van der Waals surface area contributed by atoms with Crippen LogP contribution in [0.3, 0.4) is 0 Å². The topological polar surface area (TPSA) is 75.5 Å². The number of anilines is 1. The summed E-state index contributed by atoms with van der Waals surface area (Å²) >= 11 is 0. The van der Waals surface area contributed by atoms with Gasteiger partial charge >= 0.3 is 0 Å². The van der Waals surface area contributed by atoms with Crippen LogP contribution in [-0.4, -0.2) is 35.0 Å². The molecular formula is C27H24F2N4O3S. The van der Waals surface area contributed by atoms with Crippen LogP contribution >= 0.6 is 0 Å². The molecule has 190 valence electrons. The molecule has 1 amide bonds. The Balaban J connectivity index is 1.52. The van der Waals surface area contributed by atoms with E-state index < -0.39 is 27.6 Å². The number of benzene rings is 3. The first-order valence-corrected chi connectivity index (χ1v) is 13.1. The lowest BCUT2D eigenvalue weighted by Crippen LogP contribution is -2.37. The van der Waals surface area contributed by atoms with Crippen LogP contribution < -0.4 is 4.90 Å². The van der Waals surface area contributed by atoms with E-state index in [0.717, 1.165) is 11.8 Å². The van der Waals surface area contributed by atoms with E-state index in [4.69, 9.17) is 0 Å². The fourth-order valence-corrected chi connectivity index (χ4v) is 6.06. The molecule has 0 atom stereocenters. The quantitative estimate of drug-likeness (QED) is 0.379. The van der Waals surface area contributed by atoms with Crippen molar-refractivity contribution in [2.45, 2.75) is 24.4 Å². The van der Waals surface area contributed by atoms with Gasteiger partial charge < -0.3 is 4.90 Å². The van der Waals surface area contributed by atoms with Gasteiger partial charge in [-0.15, -0.1) is 0 Å². The minimum Gasteiger partial charge on any atom is -0.302 e. The number of hydrogen-bond acceptors (Lipinski definition) is 4. The number of fused-ring (bicyclic) bond motifs is 1. The summed E-state index contributed by atoms with van der Waals surface area (Å²) < 4.78 is 58.3. The summed E-state index contributed by atoms with van der Waals surface area (Å²) in [6, 6.07) is 19.9. The molecule has 3 aromatic carbocycles. The fraction of sp³-hybridized carbons (Fsp3) is 0.185. The highest BCUT2D eigenvalue weighted by Gasteiger charge is 2.34. The number of carbonyl (C=O) groups is 1. The number of rotatable bonds is 6. The van der Waals surface area contributed by atoms with E-state index in [1.54, 1.807) is 42.1 Å². The molecule has 5 rings (SSSR count). The van der Waals surface area contributed by atoms with Crippen LogP contribution in [0.15, 0.2) is 83.8 Å². The Morgan fingerprint density at radius 3 is 2.30 bits per heavy atom. The molecule has 0 fully saturated rings. The van der Waals surface area contributed by atoms with Crippen molar-refractivity contribution < 1.29 is 22.0 Å². The number of nitrogens with zero attached hydrogens (tertiary/aromatic N) is 4. The first-order chi connectivity index (χ1) is 17.8. The maximum Gasteiger partial charge on any atom is 0.261 e. The lowest BCUT2D eigenvalue weighted by Gasteiger charge is -2.28. The van der Waals surface area contributed by atoms with E-state index >= 15 is 0 Å². The van der Waals surface area contributed by atoms with Crippen molar-refractivity contribution in [2.24, 2.45) is 7.05 Å². The van der Waals surface area contributed by atoms with Crippen LogP contribution in [0, 0.1) is 11.6 Å². The Morgan fingerprint density at radius 2 is 1.59 bits per heavy atom. The van der Waals surface area contributed by atoms with E-state index in [2.05, 4.69) is 5.10 Å². The van der Waals surface area contributed by atoms with Gasteiger partial charge in [-0.05, 0) is 36.4 Å². The number of aryl methyl sites for hydroxylation is 1. The molecule has 10 heteroatoms. The Bertz CT molecular complexity index is 1570. The molecule has 0 unspecified atom stereocenters. The molecule has 2 heterocycles. The average molecular weight is 523 g/mol. The maximum atomic E-state index is 14.5. The molecule has 0 N–H and O–H groups in total. The van der Waals surface area contributed by atoms with Crippen molar-refractivity contribution in [3.8, 4) is 0 Å². The molecule has 0 bridgehead atoms. The highest BCUT2D eigenvalue weighted by atomic mass is 32.2. The summed E-state index contributed by atoms with van der Waals surface area (Å²) in [5.74, 6) is -2.00. The Hall–Kier alpha value is -3.89. The van der Waals surface area contributed by atoms with Crippen LogP contribution in [0.4, 0.5) is 14.5 Å². The van der Waals surface area contributed by atoms with Crippen molar-refractivity contribution in [2.75, 3.05) is 11.4 Å². The van der Waals surface area contributed by atoms with Crippen LogP contribution in [0.25, 0.3) is 0 Å². The standard InChI is InChI=1S/C27H24F2N4O3S/c1-31-25-15-16-32(37(35,36)26-14-8-7-13-23(26)29)17-21(25)24(30-31)18-33(19-9-3-2-4-10-19)27(34)20-11-5-6-12-22(20)28/h2-14H,15-18H2,1H3. The first kappa shape index (κ1) is 24.8. The SMILES string of the molecule is Cn1nc(CN(C(=O)c2ccccc2F)c2ccccc2)c2c1CCN(S(=O)(=O)c1ccccc1F)C2. The largest absolute Gasteiger partial charge is 0.302 e. The van der Waals surface area contributed by atoms with Crippen LogP contribution in [0.2, 0.25) is 0 Å². The molecule has 37 heavy (non-hydrogen) atoms. The maximum absolute atomic E-state index is 14.5. The minimum atomic E-state index is -4.10. The van der Waals surface area contributed by atoms with Crippen molar-refractivity contribution >= 4 is 21.6 Å². The second kappa shape index (κ2) is 9.87. The molecule has 1 aliphatic heterocycles. The number of hydrogen-bond donors (Lipinski definition) is 0. The van der Waals surface area contributed by atoms with Gasteiger partial charge in [0.1, 0.15) is 16.5 Å². The van der Waals surface area contributed by atoms with Gasteiger partial charge in [-0.1, -0.05) is 42.5 Å². The summed E-state index contributed by atoms with van der Waals surface area (Å²) in [5.41, 5.74) is 2.43. The highest BCUT2D eigenvalue weighted by molar-refractivity contribution is 7.89. The van der Waals surface area contributed by atoms with Gasteiger partial charge in [0.25, 0.3) is 5.91 Å². The molecular weight excluding hydrogens is 498 g/mol. The monoisotopic (exact) mass is 522 g/mol. The molecule has 0 spiro atoms. The molecule has 1 aliphatic rings. The third-order valence-corrected chi connectivity index (χ3v) is 8.35. The highest BCUT2D eigenvalue weighted by Crippen LogP contribution is 2.30. The second-order valence-corrected chi connectivity index (χ2v) is 10.6. The summed E-state index contributed by atoms with van der Waals surface area (Å²) in [4.78, 5) is 14.5. The molecule has 4 aromatic rings. The van der Waals surface area contributed by atoms with Crippen molar-refractivity contribution in [3.63, 3.8) is 0 Å². The van der Waals surface area contributed by atoms with E-state index in [1.165, 1.54) is 45.6 Å². The van der Waals surface area contributed by atoms with E-state index in [9.17, 15) is 22.0 Å². The van der Waals surface area contributed by atoms with Gasteiger partial charge in [-0.3, -0.25) is 9.48 Å². The zero-order valence-electron chi connectivity index (χ0n) is 20.0. The van der Waals surface area contributed by atoms with Gasteiger partial charge in [0.05, 0.1) is 17.8 Å². The minimum absolute atomic E-state index is 0.00601. The van der Waals surface area contributed by atoms with Crippen molar-refractivity contribution in [3.05, 3.63) is 113 Å². The summed E-state index contributed by atoms with van der Waals surface area (Å²) in [7, 11) is -2.34. The third kappa shape index (κ3) is 4.65. The van der Waals surface area contributed by atoms with Gasteiger partial charge in [0.15, 0.2) is 0 Å². The molecule has 0 radical (unpaired) electrons. The third-order valence-electron chi connectivity index (χ3n) is 6.47. The smallest absolute Gasteiger partial charge is 0.261 e. The molecule has 0 saturated carbocycles. The van der Waals surface area contributed by atoms with Gasteiger partial charge in [-0.25, -0.2) is 17.2 Å². The van der Waals surface area contributed by atoms with E-state index in [0.29, 0.717) is 23.4 Å². The number of carbonyl (C=O) groups excluding carboxylic acids is 1. The molecule has 7 nitrogen and oxygen atoms in total. The van der Waals surface area contributed by atoms with Crippen LogP contribution in [-0.2, 0) is 36.6 Å². The number of sulfonamides is 1. The van der Waals surface area contributed by atoms with Gasteiger partial charge in [0.2, 0.25) is 10.0 Å². The summed E-state index contributed by atoms with van der Waals surface area (Å²) in [6.07, 6.45) is 0.374. The lowest BCUT2D eigenvalue weighted by molar-refractivity contribution is 0.0980. The predicted octanol–water partition coefficient (Wildman–Crippen LogP) is 4.29. The van der Waals surface area contributed by atoms with Crippen molar-refractivity contribution in [1.29, 1.82) is 0 Å². The van der Waals surface area contributed by atoms with Crippen molar-refractivity contribution in [1.82, 2.24) is 14.1 Å². The molecule has 1 aromatic heterocycles. The second-order valence-electron chi connectivity index (χ2n) is 8.72. The molecule has 0 aliphatic carbocycles. The molecule has 0 saturated heterocycles. The average Bonchev–Trinajstić information content (AvgIpc) is 3.22. The first-order valence-electron chi connectivity index (χ1n) is 11.7.